The fourth-order valence-electron chi connectivity index (χ4n) is 2.21. The molecule has 1 heterocycles. The first-order chi connectivity index (χ1) is 8.74. The van der Waals surface area contributed by atoms with Crippen molar-refractivity contribution >= 4 is 5.69 Å². The fourth-order valence-corrected chi connectivity index (χ4v) is 2.21. The summed E-state index contributed by atoms with van der Waals surface area (Å²) in [6, 6.07) is 5.66. The number of aliphatic hydroxyl groups excluding tert-OH is 1. The van der Waals surface area contributed by atoms with Crippen LogP contribution in [0, 0.1) is 0 Å². The second-order valence-corrected chi connectivity index (χ2v) is 4.45. The van der Waals surface area contributed by atoms with E-state index in [0.29, 0.717) is 19.8 Å². The molecule has 5 heteroatoms. The summed E-state index contributed by atoms with van der Waals surface area (Å²) < 4.78 is 10.7. The molecule has 18 heavy (non-hydrogen) atoms. The normalized spacial score (nSPS) is 20.9. The second-order valence-electron chi connectivity index (χ2n) is 4.45. The first kappa shape index (κ1) is 13.1. The van der Waals surface area contributed by atoms with E-state index in [0.717, 1.165) is 23.5 Å². The Balaban J connectivity index is 2.14. The van der Waals surface area contributed by atoms with E-state index in [9.17, 15) is 5.11 Å². The molecule has 100 valence electrons. The van der Waals surface area contributed by atoms with Gasteiger partial charge in [0.05, 0.1) is 33.0 Å². The van der Waals surface area contributed by atoms with E-state index in [4.69, 9.17) is 15.2 Å². The van der Waals surface area contributed by atoms with E-state index in [-0.39, 0.29) is 12.6 Å². The molecule has 1 aliphatic heterocycles. The Bertz CT molecular complexity index is 398. The largest absolute Gasteiger partial charge is 0.496 e. The number of nitrogens with two attached hydrogens (primary N) is 1. The van der Waals surface area contributed by atoms with Gasteiger partial charge in [-0.2, -0.15) is 0 Å². The van der Waals surface area contributed by atoms with Gasteiger partial charge in [0.25, 0.3) is 0 Å². The van der Waals surface area contributed by atoms with Crippen molar-refractivity contribution in [3.63, 3.8) is 0 Å². The molecule has 2 rings (SSSR count). The number of anilines is 1. The monoisotopic (exact) mass is 252 g/mol. The average molecular weight is 252 g/mol. The van der Waals surface area contributed by atoms with Gasteiger partial charge in [0.15, 0.2) is 0 Å². The molecule has 0 aromatic heterocycles. The Hall–Kier alpha value is -1.30. The lowest BCUT2D eigenvalue weighted by Gasteiger charge is -2.34. The lowest BCUT2D eigenvalue weighted by molar-refractivity contribution is -0.0314. The Morgan fingerprint density at radius 3 is 3.11 bits per heavy atom. The SMILES string of the molecule is COc1ccc(N)cc1CN1CCOCC1CO. The van der Waals surface area contributed by atoms with Crippen molar-refractivity contribution in [3.8, 4) is 5.75 Å². The molecule has 0 saturated carbocycles. The molecule has 1 saturated heterocycles. The zero-order valence-corrected chi connectivity index (χ0v) is 10.6. The molecule has 1 unspecified atom stereocenters. The van der Waals surface area contributed by atoms with E-state index in [1.807, 2.05) is 18.2 Å². The Labute approximate surface area is 107 Å². The zero-order valence-electron chi connectivity index (χ0n) is 10.6. The third-order valence-electron chi connectivity index (χ3n) is 3.24. The summed E-state index contributed by atoms with van der Waals surface area (Å²) >= 11 is 0. The minimum atomic E-state index is 0.0462. The van der Waals surface area contributed by atoms with Crippen molar-refractivity contribution in [1.82, 2.24) is 4.90 Å². The fraction of sp³-hybridized carbons (Fsp3) is 0.538. The molecule has 5 nitrogen and oxygen atoms in total. The highest BCUT2D eigenvalue weighted by Gasteiger charge is 2.23. The number of morpholine rings is 1. The smallest absolute Gasteiger partial charge is 0.123 e. The van der Waals surface area contributed by atoms with Crippen LogP contribution in [0.5, 0.6) is 5.75 Å². The minimum Gasteiger partial charge on any atom is -0.496 e. The van der Waals surface area contributed by atoms with Crippen molar-refractivity contribution < 1.29 is 14.6 Å². The summed E-state index contributed by atoms with van der Waals surface area (Å²) in [5.41, 5.74) is 7.57. The van der Waals surface area contributed by atoms with Crippen LogP contribution in [0.3, 0.4) is 0 Å². The Morgan fingerprint density at radius 1 is 1.56 bits per heavy atom. The van der Waals surface area contributed by atoms with Gasteiger partial charge in [-0.1, -0.05) is 0 Å². The summed E-state index contributed by atoms with van der Waals surface area (Å²) in [7, 11) is 1.65. The van der Waals surface area contributed by atoms with Gasteiger partial charge in [0.2, 0.25) is 0 Å². The van der Waals surface area contributed by atoms with E-state index in [1.54, 1.807) is 7.11 Å². The van der Waals surface area contributed by atoms with Gasteiger partial charge in [-0.05, 0) is 18.2 Å². The van der Waals surface area contributed by atoms with Gasteiger partial charge in [-0.15, -0.1) is 0 Å². The van der Waals surface area contributed by atoms with Crippen LogP contribution in [0.4, 0.5) is 5.69 Å². The molecule has 1 fully saturated rings. The standard InChI is InChI=1S/C13H20N2O3/c1-17-13-3-2-11(14)6-10(13)7-15-4-5-18-9-12(15)8-16/h2-3,6,12,16H,4-5,7-9,14H2,1H3. The van der Waals surface area contributed by atoms with Crippen LogP contribution in [0.15, 0.2) is 18.2 Å². The highest BCUT2D eigenvalue weighted by Crippen LogP contribution is 2.24. The molecular weight excluding hydrogens is 232 g/mol. The van der Waals surface area contributed by atoms with Gasteiger partial charge in [0.1, 0.15) is 5.75 Å². The highest BCUT2D eigenvalue weighted by atomic mass is 16.5. The Kier molecular flexibility index (Phi) is 4.41. The number of nitrogens with zero attached hydrogens (tertiary/aromatic N) is 1. The predicted molar refractivity (Wildman–Crippen MR) is 69.5 cm³/mol. The number of hydrogen-bond acceptors (Lipinski definition) is 5. The van der Waals surface area contributed by atoms with Crippen LogP contribution in [-0.2, 0) is 11.3 Å². The van der Waals surface area contributed by atoms with E-state index >= 15 is 0 Å². The molecule has 0 amide bonds. The van der Waals surface area contributed by atoms with E-state index in [1.165, 1.54) is 0 Å². The van der Waals surface area contributed by atoms with Gasteiger partial charge in [0, 0.05) is 24.3 Å². The molecule has 0 aliphatic carbocycles. The number of rotatable bonds is 4. The lowest BCUT2D eigenvalue weighted by atomic mass is 10.1. The van der Waals surface area contributed by atoms with Crippen molar-refractivity contribution in [3.05, 3.63) is 23.8 Å². The van der Waals surface area contributed by atoms with Gasteiger partial charge in [-0.25, -0.2) is 0 Å². The maximum atomic E-state index is 9.34. The predicted octanol–water partition coefficient (Wildman–Crippen LogP) is 0.470. The number of aliphatic hydroxyl groups is 1. The van der Waals surface area contributed by atoms with Crippen molar-refractivity contribution in [2.24, 2.45) is 0 Å². The van der Waals surface area contributed by atoms with Gasteiger partial charge < -0.3 is 20.3 Å². The number of methoxy groups -OCH3 is 1. The number of benzene rings is 1. The molecule has 1 atom stereocenters. The van der Waals surface area contributed by atoms with E-state index < -0.39 is 0 Å². The quantitative estimate of drug-likeness (QED) is 0.762. The van der Waals surface area contributed by atoms with Gasteiger partial charge in [-0.3, -0.25) is 4.90 Å². The number of hydrogen-bond donors (Lipinski definition) is 2. The summed E-state index contributed by atoms with van der Waals surface area (Å²) in [5, 5.41) is 9.34. The first-order valence-corrected chi connectivity index (χ1v) is 6.09. The molecule has 0 spiro atoms. The van der Waals surface area contributed by atoms with Crippen molar-refractivity contribution in [2.75, 3.05) is 39.2 Å². The number of nitrogen functional groups attached to an aromatic ring is 1. The summed E-state index contributed by atoms with van der Waals surface area (Å²) in [6.07, 6.45) is 0. The van der Waals surface area contributed by atoms with Crippen LogP contribution in [0.25, 0.3) is 0 Å². The van der Waals surface area contributed by atoms with E-state index in [2.05, 4.69) is 4.90 Å². The van der Waals surface area contributed by atoms with Crippen molar-refractivity contribution in [2.45, 2.75) is 12.6 Å². The molecule has 1 aromatic carbocycles. The molecule has 1 aromatic rings. The summed E-state index contributed by atoms with van der Waals surface area (Å²) in [5.74, 6) is 0.826. The second kappa shape index (κ2) is 6.04. The molecule has 3 N–H and O–H groups in total. The zero-order chi connectivity index (χ0) is 13.0. The lowest BCUT2D eigenvalue weighted by Crippen LogP contribution is -2.46. The maximum Gasteiger partial charge on any atom is 0.123 e. The topological polar surface area (TPSA) is 68.0 Å². The minimum absolute atomic E-state index is 0.0462. The number of ether oxygens (including phenoxy) is 2. The first-order valence-electron chi connectivity index (χ1n) is 6.09. The van der Waals surface area contributed by atoms with Crippen LogP contribution in [-0.4, -0.2) is 49.5 Å². The third-order valence-corrected chi connectivity index (χ3v) is 3.24. The van der Waals surface area contributed by atoms with Crippen LogP contribution in [0.1, 0.15) is 5.56 Å². The molecular formula is C13H20N2O3. The Morgan fingerprint density at radius 2 is 2.39 bits per heavy atom. The van der Waals surface area contributed by atoms with Crippen molar-refractivity contribution in [1.29, 1.82) is 0 Å². The summed E-state index contributed by atoms with van der Waals surface area (Å²) in [4.78, 5) is 2.20. The van der Waals surface area contributed by atoms with Crippen LogP contribution in [0.2, 0.25) is 0 Å². The van der Waals surface area contributed by atoms with Crippen LogP contribution >= 0.6 is 0 Å². The highest BCUT2D eigenvalue weighted by molar-refractivity contribution is 5.47. The molecule has 1 aliphatic rings. The third kappa shape index (κ3) is 2.93. The maximum absolute atomic E-state index is 9.34. The summed E-state index contributed by atoms with van der Waals surface area (Å²) in [6.45, 7) is 2.89. The molecule has 0 bridgehead atoms. The average Bonchev–Trinajstić information content (AvgIpc) is 2.40. The molecule has 0 radical (unpaired) electrons. The van der Waals surface area contributed by atoms with Crippen LogP contribution < -0.4 is 10.5 Å². The van der Waals surface area contributed by atoms with Gasteiger partial charge >= 0.3 is 0 Å².